The second kappa shape index (κ2) is 13.6. The summed E-state index contributed by atoms with van der Waals surface area (Å²) in [5.74, 6) is -51.8. The average molecular weight is 721 g/mol. The van der Waals surface area contributed by atoms with Crippen LogP contribution in [-0.2, 0) is 11.2 Å². The first kappa shape index (κ1) is 39.2. The number of halogens is 15. The Morgan fingerprint density at radius 1 is 0.688 bits per heavy atom. The van der Waals surface area contributed by atoms with Gasteiger partial charge in [-0.25, -0.2) is 9.97 Å². The fourth-order valence-corrected chi connectivity index (χ4v) is 5.01. The normalized spacial score (nSPS) is 18.9. The van der Waals surface area contributed by atoms with E-state index in [0.29, 0.717) is 11.4 Å². The van der Waals surface area contributed by atoms with Gasteiger partial charge in [0.2, 0.25) is 0 Å². The van der Waals surface area contributed by atoms with E-state index in [1.807, 2.05) is 0 Å². The maximum absolute atomic E-state index is 14.6. The van der Waals surface area contributed by atoms with Crippen molar-refractivity contribution in [1.29, 1.82) is 0 Å². The lowest BCUT2D eigenvalue weighted by Crippen LogP contribution is -2.73. The van der Waals surface area contributed by atoms with E-state index in [2.05, 4.69) is 16.9 Å². The molecule has 0 saturated heterocycles. The van der Waals surface area contributed by atoms with Gasteiger partial charge in [-0.15, -0.1) is 0 Å². The van der Waals surface area contributed by atoms with E-state index in [9.17, 15) is 70.7 Å². The van der Waals surface area contributed by atoms with Crippen LogP contribution in [0, 0.1) is 11.8 Å². The zero-order chi connectivity index (χ0) is 36.6. The average Bonchev–Trinajstić information content (AvgIpc) is 3.01. The molecule has 0 radical (unpaired) electrons. The lowest BCUT2D eigenvalue weighted by molar-refractivity contribution is -0.455. The number of hydrogen-bond acceptors (Lipinski definition) is 4. The minimum Gasteiger partial charge on any atom is -0.426 e. The monoisotopic (exact) mass is 720 g/mol. The Morgan fingerprint density at radius 3 is 1.65 bits per heavy atom. The molecule has 1 aromatic carbocycles. The lowest BCUT2D eigenvalue weighted by atomic mass is 9.75. The topological polar surface area (TPSA) is 52.1 Å². The number of hydrogen-bond donors (Lipinski definition) is 0. The number of benzene rings is 1. The standard InChI is InChI=1S/C29H27F15N2O2/c1-2-3-4-5-16-14-45-21(46-15-16)17-8-12-20(13-9-17)48-22(47)18-6-10-19(11-7-18)23(30,31)24(32,33)25(34,35)26(36,37)27(38,39)28(40,41)29(42,43)44/h8-9,12-15,18-19H,2-7,10-11H2,1H3. The van der Waals surface area contributed by atoms with Crippen molar-refractivity contribution in [2.45, 2.75) is 100 Å². The van der Waals surface area contributed by atoms with Gasteiger partial charge in [-0.05, 0) is 68.4 Å². The zero-order valence-electron chi connectivity index (χ0n) is 24.7. The Bertz CT molecular complexity index is 1390. The fourth-order valence-electron chi connectivity index (χ4n) is 5.01. The van der Waals surface area contributed by atoms with Crippen LogP contribution in [0.5, 0.6) is 5.75 Å². The SMILES string of the molecule is CCCCCc1cnc(-c2ccc(OC(=O)C3CCC(C(F)(F)C(F)(F)C(F)(F)C(F)(F)C(F)(F)C(F)(F)C(F)(F)F)CC3)cc2)nc1. The summed E-state index contributed by atoms with van der Waals surface area (Å²) in [7, 11) is 0. The molecule has 0 N–H and O–H groups in total. The molecule has 19 heteroatoms. The predicted molar refractivity (Wildman–Crippen MR) is 138 cm³/mol. The van der Waals surface area contributed by atoms with Crippen LogP contribution in [0.25, 0.3) is 11.4 Å². The summed E-state index contributed by atoms with van der Waals surface area (Å²) >= 11 is 0. The number of aromatic nitrogens is 2. The third kappa shape index (κ3) is 6.91. The maximum atomic E-state index is 14.6. The molecule has 1 heterocycles. The van der Waals surface area contributed by atoms with Crippen LogP contribution in [0.1, 0.15) is 57.4 Å². The van der Waals surface area contributed by atoms with E-state index in [-0.39, 0.29) is 5.75 Å². The molecule has 2 aromatic rings. The van der Waals surface area contributed by atoms with Crippen molar-refractivity contribution in [3.63, 3.8) is 0 Å². The first-order chi connectivity index (χ1) is 21.9. The van der Waals surface area contributed by atoms with Gasteiger partial charge in [0.1, 0.15) is 5.75 Å². The quantitative estimate of drug-likeness (QED) is 0.0895. The molecule has 0 bridgehead atoms. The minimum absolute atomic E-state index is 0.0719. The number of rotatable bonds is 13. The molecule has 0 atom stereocenters. The number of nitrogens with zero attached hydrogens (tertiary/aromatic N) is 2. The van der Waals surface area contributed by atoms with Crippen LogP contribution in [0.4, 0.5) is 65.9 Å². The second-order valence-electron chi connectivity index (χ2n) is 11.4. The predicted octanol–water partition coefficient (Wildman–Crippen LogP) is 9.96. The maximum Gasteiger partial charge on any atom is 0.460 e. The smallest absolute Gasteiger partial charge is 0.426 e. The second-order valence-corrected chi connectivity index (χ2v) is 11.4. The number of aryl methyl sites for hydroxylation is 1. The first-order valence-corrected chi connectivity index (χ1v) is 14.3. The van der Waals surface area contributed by atoms with Crippen LogP contribution >= 0.6 is 0 Å². The van der Waals surface area contributed by atoms with Crippen LogP contribution in [0.2, 0.25) is 0 Å². The highest BCUT2D eigenvalue weighted by molar-refractivity contribution is 5.75. The molecule has 1 saturated carbocycles. The van der Waals surface area contributed by atoms with Crippen LogP contribution < -0.4 is 4.74 Å². The lowest BCUT2D eigenvalue weighted by Gasteiger charge is -2.44. The molecule has 270 valence electrons. The molecular formula is C29H27F15N2O2. The highest BCUT2D eigenvalue weighted by Gasteiger charge is 2.93. The van der Waals surface area contributed by atoms with Crippen LogP contribution in [-0.4, -0.2) is 57.6 Å². The molecule has 4 nitrogen and oxygen atoms in total. The van der Waals surface area contributed by atoms with Gasteiger partial charge in [0.15, 0.2) is 5.82 Å². The highest BCUT2D eigenvalue weighted by atomic mass is 19.4. The Balaban J connectivity index is 1.66. The number of esters is 1. The van der Waals surface area contributed by atoms with Gasteiger partial charge in [-0.2, -0.15) is 65.9 Å². The van der Waals surface area contributed by atoms with Crippen molar-refractivity contribution >= 4 is 5.97 Å². The van der Waals surface area contributed by atoms with E-state index in [4.69, 9.17) is 4.74 Å². The van der Waals surface area contributed by atoms with Crippen molar-refractivity contribution < 1.29 is 75.4 Å². The van der Waals surface area contributed by atoms with Crippen molar-refractivity contribution in [2.75, 3.05) is 0 Å². The van der Waals surface area contributed by atoms with Gasteiger partial charge in [0, 0.05) is 23.9 Å². The third-order valence-electron chi connectivity index (χ3n) is 8.03. The first-order valence-electron chi connectivity index (χ1n) is 14.3. The molecule has 0 amide bonds. The molecule has 1 aliphatic carbocycles. The van der Waals surface area contributed by atoms with Crippen LogP contribution in [0.3, 0.4) is 0 Å². The highest BCUT2D eigenvalue weighted by Crippen LogP contribution is 2.63. The number of alkyl halides is 15. The Labute approximate surface area is 263 Å². The summed E-state index contributed by atoms with van der Waals surface area (Å²) in [4.78, 5) is 21.1. The largest absolute Gasteiger partial charge is 0.460 e. The van der Waals surface area contributed by atoms with Gasteiger partial charge in [-0.1, -0.05) is 19.8 Å². The summed E-state index contributed by atoms with van der Waals surface area (Å²) in [6.07, 6.45) is -4.64. The van der Waals surface area contributed by atoms with Crippen molar-refractivity contribution in [3.8, 4) is 17.1 Å². The molecule has 3 rings (SSSR count). The van der Waals surface area contributed by atoms with Crippen molar-refractivity contribution in [3.05, 3.63) is 42.2 Å². The molecule has 48 heavy (non-hydrogen) atoms. The molecule has 0 unspecified atom stereocenters. The summed E-state index contributed by atoms with van der Waals surface area (Å²) in [5.41, 5.74) is 1.44. The van der Waals surface area contributed by atoms with E-state index >= 15 is 0 Å². The number of ether oxygens (including phenoxy) is 1. The number of unbranched alkanes of at least 4 members (excludes halogenated alkanes) is 2. The van der Waals surface area contributed by atoms with Gasteiger partial charge >= 0.3 is 47.7 Å². The Hall–Kier alpha value is -3.28. The molecule has 1 aromatic heterocycles. The van der Waals surface area contributed by atoms with Crippen LogP contribution in [0.15, 0.2) is 36.7 Å². The van der Waals surface area contributed by atoms with Gasteiger partial charge in [-0.3, -0.25) is 4.79 Å². The van der Waals surface area contributed by atoms with Crippen molar-refractivity contribution in [1.82, 2.24) is 9.97 Å². The van der Waals surface area contributed by atoms with E-state index < -0.39 is 85.2 Å². The minimum atomic E-state index is -8.33. The van der Waals surface area contributed by atoms with E-state index in [1.54, 1.807) is 12.4 Å². The Kier molecular flexibility index (Phi) is 11.1. The number of carbonyl (C=O) groups is 1. The zero-order valence-corrected chi connectivity index (χ0v) is 24.7. The third-order valence-corrected chi connectivity index (χ3v) is 8.03. The molecule has 1 fully saturated rings. The summed E-state index contributed by atoms with van der Waals surface area (Å²) in [6.45, 7) is 2.06. The summed E-state index contributed by atoms with van der Waals surface area (Å²) in [6, 6.07) is 5.56. The van der Waals surface area contributed by atoms with E-state index in [1.165, 1.54) is 24.3 Å². The number of carbonyl (C=O) groups excluding carboxylic acids is 1. The van der Waals surface area contributed by atoms with Gasteiger partial charge in [0.25, 0.3) is 0 Å². The van der Waals surface area contributed by atoms with E-state index in [0.717, 1.165) is 31.2 Å². The van der Waals surface area contributed by atoms with Crippen molar-refractivity contribution in [2.24, 2.45) is 11.8 Å². The Morgan fingerprint density at radius 2 is 1.17 bits per heavy atom. The summed E-state index contributed by atoms with van der Waals surface area (Å²) < 4.78 is 209. The van der Waals surface area contributed by atoms with Gasteiger partial charge in [0.05, 0.1) is 5.92 Å². The molecule has 0 aliphatic heterocycles. The van der Waals surface area contributed by atoms with Gasteiger partial charge < -0.3 is 4.74 Å². The molecular weight excluding hydrogens is 693 g/mol. The fraction of sp³-hybridized carbons (Fsp3) is 0.621. The summed E-state index contributed by atoms with van der Waals surface area (Å²) in [5, 5.41) is 0. The molecule has 1 aliphatic rings. The molecule has 0 spiro atoms.